The molecule has 0 saturated heterocycles. The molecule has 114 valence electrons. The molecule has 4 heteroatoms. The fourth-order valence-electron chi connectivity index (χ4n) is 2.34. The molecule has 0 atom stereocenters. The Bertz CT molecular complexity index is 383. The molecule has 4 nitrogen and oxygen atoms in total. The van der Waals surface area contributed by atoms with Crippen LogP contribution in [0.15, 0.2) is 18.2 Å². The zero-order valence-electron chi connectivity index (χ0n) is 12.8. The average molecular weight is 280 g/mol. The lowest BCUT2D eigenvalue weighted by molar-refractivity contribution is 0.186. The standard InChI is InChI=1S/C16H28N2O2/c1-3-4-5-6-9-18(10-11-19)13-14-12-15(17)7-8-16(14)20-2/h7-8,12,19H,3-6,9-11,13,17H2,1-2H3. The Morgan fingerprint density at radius 3 is 2.65 bits per heavy atom. The maximum atomic E-state index is 9.20. The highest BCUT2D eigenvalue weighted by molar-refractivity contribution is 5.47. The molecule has 0 aliphatic rings. The zero-order valence-corrected chi connectivity index (χ0v) is 12.8. The van der Waals surface area contributed by atoms with Gasteiger partial charge in [-0.2, -0.15) is 0 Å². The number of hydrogen-bond acceptors (Lipinski definition) is 4. The molecule has 0 bridgehead atoms. The molecule has 0 aliphatic carbocycles. The van der Waals surface area contributed by atoms with E-state index in [0.29, 0.717) is 6.54 Å². The monoisotopic (exact) mass is 280 g/mol. The van der Waals surface area contributed by atoms with Crippen molar-refractivity contribution in [3.63, 3.8) is 0 Å². The lowest BCUT2D eigenvalue weighted by Gasteiger charge is -2.22. The molecule has 0 unspecified atom stereocenters. The second-order valence-corrected chi connectivity index (χ2v) is 5.13. The van der Waals surface area contributed by atoms with E-state index in [0.717, 1.165) is 30.1 Å². The van der Waals surface area contributed by atoms with Gasteiger partial charge in [-0.1, -0.05) is 26.2 Å². The van der Waals surface area contributed by atoms with Crippen LogP contribution >= 0.6 is 0 Å². The number of aliphatic hydroxyl groups is 1. The van der Waals surface area contributed by atoms with E-state index < -0.39 is 0 Å². The van der Waals surface area contributed by atoms with Crippen LogP contribution in [-0.2, 0) is 6.54 Å². The largest absolute Gasteiger partial charge is 0.496 e. The van der Waals surface area contributed by atoms with E-state index in [2.05, 4.69) is 11.8 Å². The summed E-state index contributed by atoms with van der Waals surface area (Å²) in [6.07, 6.45) is 4.92. The summed E-state index contributed by atoms with van der Waals surface area (Å²) in [4.78, 5) is 2.26. The second kappa shape index (κ2) is 9.61. The minimum atomic E-state index is 0.179. The van der Waals surface area contributed by atoms with Crippen LogP contribution in [-0.4, -0.2) is 36.8 Å². The van der Waals surface area contributed by atoms with Crippen LogP contribution in [0.2, 0.25) is 0 Å². The first kappa shape index (κ1) is 16.8. The SMILES string of the molecule is CCCCCCN(CCO)Cc1cc(N)ccc1OC. The molecule has 1 aromatic rings. The Balaban J connectivity index is 2.61. The second-order valence-electron chi connectivity index (χ2n) is 5.13. The highest BCUT2D eigenvalue weighted by atomic mass is 16.5. The van der Waals surface area contributed by atoms with Crippen molar-refractivity contribution in [2.75, 3.05) is 32.5 Å². The summed E-state index contributed by atoms with van der Waals surface area (Å²) in [5, 5.41) is 9.20. The van der Waals surface area contributed by atoms with Crippen LogP contribution in [0.25, 0.3) is 0 Å². The van der Waals surface area contributed by atoms with Gasteiger partial charge < -0.3 is 15.6 Å². The number of nitrogens with zero attached hydrogens (tertiary/aromatic N) is 1. The van der Waals surface area contributed by atoms with Crippen molar-refractivity contribution in [3.05, 3.63) is 23.8 Å². The lowest BCUT2D eigenvalue weighted by Crippen LogP contribution is -2.27. The summed E-state index contributed by atoms with van der Waals surface area (Å²) in [6, 6.07) is 5.70. The van der Waals surface area contributed by atoms with E-state index in [9.17, 15) is 5.11 Å². The van der Waals surface area contributed by atoms with E-state index in [1.54, 1.807) is 7.11 Å². The fraction of sp³-hybridized carbons (Fsp3) is 0.625. The van der Waals surface area contributed by atoms with Gasteiger partial charge >= 0.3 is 0 Å². The van der Waals surface area contributed by atoms with Crippen LogP contribution in [0, 0.1) is 0 Å². The minimum absolute atomic E-state index is 0.179. The normalized spacial score (nSPS) is 11.0. The average Bonchev–Trinajstić information content (AvgIpc) is 2.44. The van der Waals surface area contributed by atoms with Gasteiger partial charge in [-0.05, 0) is 31.2 Å². The summed E-state index contributed by atoms with van der Waals surface area (Å²) in [5.41, 5.74) is 7.67. The van der Waals surface area contributed by atoms with Gasteiger partial charge in [0.2, 0.25) is 0 Å². The Morgan fingerprint density at radius 2 is 2.00 bits per heavy atom. The smallest absolute Gasteiger partial charge is 0.123 e. The summed E-state index contributed by atoms with van der Waals surface area (Å²) < 4.78 is 5.38. The zero-order chi connectivity index (χ0) is 14.8. The predicted octanol–water partition coefficient (Wildman–Crippen LogP) is 2.65. The number of methoxy groups -OCH3 is 1. The molecule has 0 fully saturated rings. The molecule has 1 rings (SSSR count). The summed E-state index contributed by atoms with van der Waals surface area (Å²) in [7, 11) is 1.67. The predicted molar refractivity (Wildman–Crippen MR) is 83.9 cm³/mol. The fourth-order valence-corrected chi connectivity index (χ4v) is 2.34. The van der Waals surface area contributed by atoms with Gasteiger partial charge in [0.1, 0.15) is 5.75 Å². The Morgan fingerprint density at radius 1 is 1.20 bits per heavy atom. The number of nitrogens with two attached hydrogens (primary N) is 1. The molecule has 0 spiro atoms. The minimum Gasteiger partial charge on any atom is -0.496 e. The quantitative estimate of drug-likeness (QED) is 0.511. The summed E-state index contributed by atoms with van der Waals surface area (Å²) >= 11 is 0. The number of ether oxygens (including phenoxy) is 1. The highest BCUT2D eigenvalue weighted by Crippen LogP contribution is 2.22. The van der Waals surface area contributed by atoms with Gasteiger partial charge in [0.15, 0.2) is 0 Å². The first-order valence-corrected chi connectivity index (χ1v) is 7.46. The van der Waals surface area contributed by atoms with Crippen molar-refractivity contribution in [1.82, 2.24) is 4.90 Å². The number of hydrogen-bond donors (Lipinski definition) is 2. The van der Waals surface area contributed by atoms with Crippen molar-refractivity contribution >= 4 is 5.69 Å². The van der Waals surface area contributed by atoms with Gasteiger partial charge in [-0.15, -0.1) is 0 Å². The molecule has 1 aromatic carbocycles. The number of anilines is 1. The van der Waals surface area contributed by atoms with Gasteiger partial charge in [0, 0.05) is 24.3 Å². The molecule has 20 heavy (non-hydrogen) atoms. The van der Waals surface area contributed by atoms with Crippen molar-refractivity contribution in [2.24, 2.45) is 0 Å². The number of benzene rings is 1. The Labute approximate surface area is 122 Å². The summed E-state index contributed by atoms with van der Waals surface area (Å²) in [6.45, 7) is 4.84. The van der Waals surface area contributed by atoms with E-state index in [4.69, 9.17) is 10.5 Å². The highest BCUT2D eigenvalue weighted by Gasteiger charge is 2.10. The lowest BCUT2D eigenvalue weighted by atomic mass is 10.1. The van der Waals surface area contributed by atoms with E-state index in [1.165, 1.54) is 25.7 Å². The first-order valence-electron chi connectivity index (χ1n) is 7.46. The molecule has 0 aliphatic heterocycles. The van der Waals surface area contributed by atoms with Crippen LogP contribution in [0.3, 0.4) is 0 Å². The van der Waals surface area contributed by atoms with E-state index >= 15 is 0 Å². The number of aliphatic hydroxyl groups excluding tert-OH is 1. The molecule has 0 aromatic heterocycles. The third-order valence-electron chi connectivity index (χ3n) is 3.44. The van der Waals surface area contributed by atoms with Gasteiger partial charge in [-0.3, -0.25) is 4.90 Å². The van der Waals surface area contributed by atoms with Crippen molar-refractivity contribution in [1.29, 1.82) is 0 Å². The van der Waals surface area contributed by atoms with Crippen LogP contribution in [0.4, 0.5) is 5.69 Å². The number of nitrogen functional groups attached to an aromatic ring is 1. The maximum absolute atomic E-state index is 9.20. The number of rotatable bonds is 10. The van der Waals surface area contributed by atoms with E-state index in [-0.39, 0.29) is 6.61 Å². The topological polar surface area (TPSA) is 58.7 Å². The third-order valence-corrected chi connectivity index (χ3v) is 3.44. The first-order chi connectivity index (χ1) is 9.71. The van der Waals surface area contributed by atoms with Crippen molar-refractivity contribution in [2.45, 2.75) is 39.2 Å². The Hall–Kier alpha value is -1.26. The maximum Gasteiger partial charge on any atom is 0.123 e. The van der Waals surface area contributed by atoms with Crippen LogP contribution in [0.5, 0.6) is 5.75 Å². The van der Waals surface area contributed by atoms with Gasteiger partial charge in [-0.25, -0.2) is 0 Å². The third kappa shape index (κ3) is 5.80. The van der Waals surface area contributed by atoms with Crippen LogP contribution in [0.1, 0.15) is 38.2 Å². The molecular weight excluding hydrogens is 252 g/mol. The molecular formula is C16H28N2O2. The molecule has 0 radical (unpaired) electrons. The molecule has 0 amide bonds. The summed E-state index contributed by atoms with van der Waals surface area (Å²) in [5.74, 6) is 0.857. The van der Waals surface area contributed by atoms with Crippen molar-refractivity contribution in [3.8, 4) is 5.75 Å². The van der Waals surface area contributed by atoms with Crippen LogP contribution < -0.4 is 10.5 Å². The molecule has 0 saturated carbocycles. The van der Waals surface area contributed by atoms with Gasteiger partial charge in [0.05, 0.1) is 13.7 Å². The van der Waals surface area contributed by atoms with Crippen molar-refractivity contribution < 1.29 is 9.84 Å². The number of unbranched alkanes of at least 4 members (excludes halogenated alkanes) is 3. The van der Waals surface area contributed by atoms with Gasteiger partial charge in [0.25, 0.3) is 0 Å². The Kier molecular flexibility index (Phi) is 8.07. The molecule has 3 N–H and O–H groups in total. The van der Waals surface area contributed by atoms with E-state index in [1.807, 2.05) is 18.2 Å². The molecule has 0 heterocycles.